The minimum atomic E-state index is -0.485. The van der Waals surface area contributed by atoms with E-state index in [1.54, 1.807) is 4.90 Å². The highest BCUT2D eigenvalue weighted by atomic mass is 32.1. The summed E-state index contributed by atoms with van der Waals surface area (Å²) in [5, 5.41) is 9.98. The number of likely N-dealkylation sites (tertiary alicyclic amines) is 2. The van der Waals surface area contributed by atoms with Gasteiger partial charge < -0.3 is 19.6 Å². The lowest BCUT2D eigenvalue weighted by molar-refractivity contribution is -0.134. The number of carbonyl (C=O) groups is 2. The highest BCUT2D eigenvalue weighted by Crippen LogP contribution is 2.37. The van der Waals surface area contributed by atoms with Crippen LogP contribution >= 0.6 is 11.3 Å². The van der Waals surface area contributed by atoms with E-state index in [-0.39, 0.29) is 18.4 Å². The summed E-state index contributed by atoms with van der Waals surface area (Å²) in [6.45, 7) is 2.45. The third kappa shape index (κ3) is 4.84. The number of rotatable bonds is 5. The Balaban J connectivity index is 1.54. The summed E-state index contributed by atoms with van der Waals surface area (Å²) < 4.78 is 5.90. The molecular weight excluding hydrogens is 400 g/mol. The Morgan fingerprint density at radius 2 is 1.77 bits per heavy atom. The molecule has 160 valence electrons. The number of carbonyl (C=O) groups excluding carboxylic acids is 2. The lowest BCUT2D eigenvalue weighted by atomic mass is 10.1. The molecule has 1 N–H and O–H groups in total. The quantitative estimate of drug-likeness (QED) is 0.792. The van der Waals surface area contributed by atoms with E-state index in [2.05, 4.69) is 0 Å². The van der Waals surface area contributed by atoms with Crippen molar-refractivity contribution in [2.45, 2.75) is 38.2 Å². The summed E-state index contributed by atoms with van der Waals surface area (Å²) in [6, 6.07) is 11.7. The number of thiophene rings is 1. The molecule has 30 heavy (non-hydrogen) atoms. The molecule has 1 aromatic heterocycles. The van der Waals surface area contributed by atoms with Crippen LogP contribution in [0, 0.1) is 0 Å². The second-order valence-corrected chi connectivity index (χ2v) is 9.00. The van der Waals surface area contributed by atoms with Gasteiger partial charge in [0.25, 0.3) is 11.8 Å². The van der Waals surface area contributed by atoms with Gasteiger partial charge in [-0.3, -0.25) is 9.59 Å². The first-order valence-corrected chi connectivity index (χ1v) is 11.5. The number of aliphatic hydroxyl groups excluding tert-OH is 1. The number of benzene rings is 1. The van der Waals surface area contributed by atoms with Crippen LogP contribution in [0.15, 0.2) is 36.4 Å². The van der Waals surface area contributed by atoms with Crippen molar-refractivity contribution in [3.63, 3.8) is 0 Å². The van der Waals surface area contributed by atoms with Crippen LogP contribution < -0.4 is 4.74 Å². The maximum atomic E-state index is 13.2. The molecule has 2 fully saturated rings. The Labute approximate surface area is 181 Å². The van der Waals surface area contributed by atoms with Crippen LogP contribution in [-0.4, -0.2) is 65.6 Å². The van der Waals surface area contributed by atoms with E-state index in [4.69, 9.17) is 4.74 Å². The first-order chi connectivity index (χ1) is 14.6. The SMILES string of the molecule is O=C(COc1cc(-c2ccccc2)sc1C(=O)N1CCCC(O)C1)N1CCCCC1. The second kappa shape index (κ2) is 9.62. The molecule has 6 nitrogen and oxygen atoms in total. The molecule has 7 heteroatoms. The number of piperidine rings is 2. The zero-order valence-corrected chi connectivity index (χ0v) is 17.9. The zero-order valence-electron chi connectivity index (χ0n) is 17.1. The summed E-state index contributed by atoms with van der Waals surface area (Å²) in [6.07, 6.45) is 4.24. The van der Waals surface area contributed by atoms with E-state index >= 15 is 0 Å². The molecule has 0 radical (unpaired) electrons. The van der Waals surface area contributed by atoms with Crippen LogP contribution in [0.5, 0.6) is 5.75 Å². The van der Waals surface area contributed by atoms with Crippen molar-refractivity contribution in [2.24, 2.45) is 0 Å². The number of aliphatic hydroxyl groups is 1. The summed E-state index contributed by atoms with van der Waals surface area (Å²) in [4.78, 5) is 30.7. The third-order valence-corrected chi connectivity index (χ3v) is 6.85. The third-order valence-electron chi connectivity index (χ3n) is 5.69. The minimum Gasteiger partial charge on any atom is -0.482 e. The Hall–Kier alpha value is -2.38. The number of β-amino-alcohol motifs (C(OH)–C–C–N with tert-alkyl or cyclic N) is 1. The molecule has 1 atom stereocenters. The van der Waals surface area contributed by atoms with Crippen molar-refractivity contribution in [1.29, 1.82) is 0 Å². The maximum Gasteiger partial charge on any atom is 0.267 e. The van der Waals surface area contributed by atoms with Gasteiger partial charge in [-0.1, -0.05) is 30.3 Å². The van der Waals surface area contributed by atoms with Crippen molar-refractivity contribution >= 4 is 23.2 Å². The Bertz CT molecular complexity index is 877. The summed E-state index contributed by atoms with van der Waals surface area (Å²) in [7, 11) is 0. The fraction of sp³-hybridized carbons (Fsp3) is 0.478. The second-order valence-electron chi connectivity index (χ2n) is 7.95. The molecule has 2 aliphatic heterocycles. The van der Waals surface area contributed by atoms with Crippen LogP contribution in [-0.2, 0) is 4.79 Å². The molecular formula is C23H28N2O4S. The predicted molar refractivity (Wildman–Crippen MR) is 117 cm³/mol. The molecule has 0 aliphatic carbocycles. The van der Waals surface area contributed by atoms with Crippen LogP contribution in [0.25, 0.3) is 10.4 Å². The maximum absolute atomic E-state index is 13.2. The van der Waals surface area contributed by atoms with Gasteiger partial charge >= 0.3 is 0 Å². The molecule has 3 heterocycles. The van der Waals surface area contributed by atoms with E-state index in [1.807, 2.05) is 41.3 Å². The van der Waals surface area contributed by atoms with Crippen molar-refractivity contribution in [3.8, 4) is 16.2 Å². The average Bonchev–Trinajstić information content (AvgIpc) is 3.22. The van der Waals surface area contributed by atoms with E-state index in [0.29, 0.717) is 23.7 Å². The summed E-state index contributed by atoms with van der Waals surface area (Å²) in [5.41, 5.74) is 1.01. The normalized spacial score (nSPS) is 19.6. The van der Waals surface area contributed by atoms with Gasteiger partial charge in [0.1, 0.15) is 10.6 Å². The van der Waals surface area contributed by atoms with Gasteiger partial charge in [0.2, 0.25) is 0 Å². The molecule has 2 aromatic rings. The summed E-state index contributed by atoms with van der Waals surface area (Å²) >= 11 is 1.38. The first kappa shape index (κ1) is 20.9. The standard InChI is InChI=1S/C23H28N2O4S/c26-18-10-7-13-25(15-18)23(28)22-19(14-20(30-22)17-8-3-1-4-9-17)29-16-21(27)24-11-5-2-6-12-24/h1,3-4,8-9,14,18,26H,2,5-7,10-13,15-16H2. The fourth-order valence-electron chi connectivity index (χ4n) is 4.03. The predicted octanol–water partition coefficient (Wildman–Crippen LogP) is 3.40. The van der Waals surface area contributed by atoms with Crippen LogP contribution in [0.1, 0.15) is 41.8 Å². The largest absolute Gasteiger partial charge is 0.482 e. The minimum absolute atomic E-state index is 0.0334. The van der Waals surface area contributed by atoms with Gasteiger partial charge in [-0.25, -0.2) is 0 Å². The van der Waals surface area contributed by atoms with E-state index in [1.165, 1.54) is 11.3 Å². The highest BCUT2D eigenvalue weighted by molar-refractivity contribution is 7.17. The van der Waals surface area contributed by atoms with Crippen LogP contribution in [0.2, 0.25) is 0 Å². The van der Waals surface area contributed by atoms with E-state index in [0.717, 1.165) is 55.6 Å². The molecule has 0 bridgehead atoms. The number of hydrogen-bond donors (Lipinski definition) is 1. The van der Waals surface area contributed by atoms with Crippen LogP contribution in [0.4, 0.5) is 0 Å². The Morgan fingerprint density at radius 1 is 1.03 bits per heavy atom. The van der Waals surface area contributed by atoms with Gasteiger partial charge in [-0.2, -0.15) is 0 Å². The van der Waals surface area contributed by atoms with Gasteiger partial charge in [0.15, 0.2) is 6.61 Å². The van der Waals surface area contributed by atoms with Crippen molar-refractivity contribution in [3.05, 3.63) is 41.3 Å². The molecule has 2 saturated heterocycles. The van der Waals surface area contributed by atoms with Gasteiger partial charge in [-0.15, -0.1) is 11.3 Å². The first-order valence-electron chi connectivity index (χ1n) is 10.7. The number of ether oxygens (including phenoxy) is 1. The lowest BCUT2D eigenvalue weighted by Gasteiger charge is -2.30. The number of amides is 2. The van der Waals surface area contributed by atoms with E-state index < -0.39 is 6.10 Å². The van der Waals surface area contributed by atoms with Crippen molar-refractivity contribution in [2.75, 3.05) is 32.8 Å². The molecule has 1 unspecified atom stereocenters. The van der Waals surface area contributed by atoms with Gasteiger partial charge in [0, 0.05) is 31.1 Å². The molecule has 2 amide bonds. The van der Waals surface area contributed by atoms with E-state index in [9.17, 15) is 14.7 Å². The molecule has 4 rings (SSSR count). The lowest BCUT2D eigenvalue weighted by Crippen LogP contribution is -2.42. The van der Waals surface area contributed by atoms with Gasteiger partial charge in [-0.05, 0) is 43.7 Å². The average molecular weight is 429 g/mol. The Kier molecular flexibility index (Phi) is 6.69. The molecule has 1 aromatic carbocycles. The Morgan fingerprint density at radius 3 is 2.50 bits per heavy atom. The highest BCUT2D eigenvalue weighted by Gasteiger charge is 2.28. The molecule has 0 saturated carbocycles. The van der Waals surface area contributed by atoms with Crippen molar-refractivity contribution in [1.82, 2.24) is 9.80 Å². The van der Waals surface area contributed by atoms with Crippen molar-refractivity contribution < 1.29 is 19.4 Å². The number of nitrogens with zero attached hydrogens (tertiary/aromatic N) is 2. The fourth-order valence-corrected chi connectivity index (χ4v) is 5.11. The topological polar surface area (TPSA) is 70.1 Å². The smallest absolute Gasteiger partial charge is 0.267 e. The summed E-state index contributed by atoms with van der Waals surface area (Å²) in [5.74, 6) is 0.282. The number of hydrogen-bond acceptors (Lipinski definition) is 5. The van der Waals surface area contributed by atoms with Gasteiger partial charge in [0.05, 0.1) is 6.10 Å². The zero-order chi connectivity index (χ0) is 20.9. The van der Waals surface area contributed by atoms with Crippen LogP contribution in [0.3, 0.4) is 0 Å². The monoisotopic (exact) mass is 428 g/mol. The molecule has 2 aliphatic rings. The molecule has 0 spiro atoms.